The second-order valence-corrected chi connectivity index (χ2v) is 7.77. The summed E-state index contributed by atoms with van der Waals surface area (Å²) in [6, 6.07) is 7.41. The molecule has 2 fully saturated rings. The summed E-state index contributed by atoms with van der Waals surface area (Å²) >= 11 is 0. The van der Waals surface area contributed by atoms with Crippen LogP contribution in [-0.4, -0.2) is 53.5 Å². The fraction of sp³-hybridized carbons (Fsp3) is 0.650. The summed E-state index contributed by atoms with van der Waals surface area (Å²) in [6.45, 7) is 4.81. The Labute approximate surface area is 150 Å². The Kier molecular flexibility index (Phi) is 5.97. The molecular formula is C20H31N3O2. The first-order chi connectivity index (χ1) is 12.1. The molecule has 0 radical (unpaired) electrons. The number of aromatic hydroxyl groups is 1. The van der Waals surface area contributed by atoms with Gasteiger partial charge in [0.1, 0.15) is 5.75 Å². The third kappa shape index (κ3) is 4.73. The first kappa shape index (κ1) is 18.2. The van der Waals surface area contributed by atoms with Crippen molar-refractivity contribution >= 4 is 5.91 Å². The van der Waals surface area contributed by atoms with Crippen LogP contribution >= 0.6 is 0 Å². The molecule has 1 saturated carbocycles. The molecule has 2 aliphatic rings. The van der Waals surface area contributed by atoms with Crippen molar-refractivity contribution in [3.8, 4) is 5.75 Å². The van der Waals surface area contributed by atoms with Crippen molar-refractivity contribution in [1.82, 2.24) is 9.80 Å². The summed E-state index contributed by atoms with van der Waals surface area (Å²) < 4.78 is 0. The average Bonchev–Trinajstić information content (AvgIpc) is 2.63. The van der Waals surface area contributed by atoms with E-state index in [-0.39, 0.29) is 11.3 Å². The Morgan fingerprint density at radius 2 is 1.84 bits per heavy atom. The average molecular weight is 345 g/mol. The lowest BCUT2D eigenvalue weighted by molar-refractivity contribution is -0.136. The van der Waals surface area contributed by atoms with Gasteiger partial charge in [-0.3, -0.25) is 9.69 Å². The maximum atomic E-state index is 12.8. The van der Waals surface area contributed by atoms with Crippen molar-refractivity contribution in [2.75, 3.05) is 32.7 Å². The van der Waals surface area contributed by atoms with Crippen LogP contribution in [0.3, 0.4) is 0 Å². The van der Waals surface area contributed by atoms with Gasteiger partial charge < -0.3 is 15.7 Å². The predicted molar refractivity (Wildman–Crippen MR) is 99.2 cm³/mol. The fourth-order valence-corrected chi connectivity index (χ4v) is 4.26. The lowest BCUT2D eigenvalue weighted by Crippen LogP contribution is -2.50. The molecule has 1 aromatic carbocycles. The van der Waals surface area contributed by atoms with E-state index in [1.807, 2.05) is 23.1 Å². The van der Waals surface area contributed by atoms with Gasteiger partial charge in [-0.05, 0) is 42.5 Å². The van der Waals surface area contributed by atoms with Crippen LogP contribution in [0, 0.1) is 5.41 Å². The first-order valence-corrected chi connectivity index (χ1v) is 9.58. The number of carbonyl (C=O) groups excluding carboxylic acids is 1. The molecule has 1 aromatic rings. The number of rotatable bonds is 5. The molecule has 25 heavy (non-hydrogen) atoms. The second kappa shape index (κ2) is 8.19. The monoisotopic (exact) mass is 345 g/mol. The van der Waals surface area contributed by atoms with Crippen molar-refractivity contribution in [3.63, 3.8) is 0 Å². The van der Waals surface area contributed by atoms with Crippen molar-refractivity contribution in [1.29, 1.82) is 0 Å². The Hall–Kier alpha value is -1.59. The highest BCUT2D eigenvalue weighted by Crippen LogP contribution is 2.38. The standard InChI is InChI=1S/C20H31N3O2/c21-16-20(7-2-1-3-8-20)14-19(25)23-11-9-22(10-12-23)15-17-5-4-6-18(24)13-17/h4-6,13,24H,1-3,7-12,14-16,21H2. The number of hydrogen-bond acceptors (Lipinski definition) is 4. The normalized spacial score (nSPS) is 21.2. The van der Waals surface area contributed by atoms with Gasteiger partial charge in [0.15, 0.2) is 0 Å². The van der Waals surface area contributed by atoms with Gasteiger partial charge in [0, 0.05) is 39.1 Å². The minimum absolute atomic E-state index is 0.0496. The molecule has 5 heteroatoms. The van der Waals surface area contributed by atoms with Crippen molar-refractivity contribution in [2.24, 2.45) is 11.1 Å². The third-order valence-corrected chi connectivity index (χ3v) is 5.92. The largest absolute Gasteiger partial charge is 0.508 e. The van der Waals surface area contributed by atoms with E-state index in [1.165, 1.54) is 19.3 Å². The number of benzene rings is 1. The summed E-state index contributed by atoms with van der Waals surface area (Å²) in [5, 5.41) is 9.58. The van der Waals surface area contributed by atoms with Crippen molar-refractivity contribution < 1.29 is 9.90 Å². The van der Waals surface area contributed by atoms with Gasteiger partial charge in [0.05, 0.1) is 0 Å². The molecule has 0 unspecified atom stereocenters. The number of nitrogens with two attached hydrogens (primary N) is 1. The molecule has 1 aliphatic heterocycles. The van der Waals surface area contributed by atoms with Gasteiger partial charge in [-0.15, -0.1) is 0 Å². The summed E-state index contributed by atoms with van der Waals surface area (Å²) in [6.07, 6.45) is 6.53. The molecule has 3 rings (SSSR count). The van der Waals surface area contributed by atoms with E-state index >= 15 is 0 Å². The molecule has 0 atom stereocenters. The van der Waals surface area contributed by atoms with Crippen LogP contribution in [-0.2, 0) is 11.3 Å². The van der Waals surface area contributed by atoms with Crippen LogP contribution in [0.1, 0.15) is 44.1 Å². The van der Waals surface area contributed by atoms with Crippen molar-refractivity contribution in [3.05, 3.63) is 29.8 Å². The van der Waals surface area contributed by atoms with Gasteiger partial charge in [-0.2, -0.15) is 0 Å². The lowest BCUT2D eigenvalue weighted by Gasteiger charge is -2.39. The number of phenolic OH excluding ortho intramolecular Hbond substituents is 1. The summed E-state index contributed by atoms with van der Waals surface area (Å²) in [5.74, 6) is 0.593. The second-order valence-electron chi connectivity index (χ2n) is 7.77. The molecule has 0 spiro atoms. The zero-order valence-corrected chi connectivity index (χ0v) is 15.1. The van der Waals surface area contributed by atoms with Crippen molar-refractivity contribution in [2.45, 2.75) is 45.1 Å². The van der Waals surface area contributed by atoms with Gasteiger partial charge in [-0.25, -0.2) is 0 Å². The number of hydrogen-bond donors (Lipinski definition) is 2. The number of phenols is 1. The third-order valence-electron chi connectivity index (χ3n) is 5.92. The van der Waals surface area contributed by atoms with E-state index in [1.54, 1.807) is 6.07 Å². The molecule has 0 aromatic heterocycles. The van der Waals surface area contributed by atoms with Gasteiger partial charge in [0.25, 0.3) is 0 Å². The highest BCUT2D eigenvalue weighted by atomic mass is 16.3. The van der Waals surface area contributed by atoms with Crippen LogP contribution in [0.2, 0.25) is 0 Å². The smallest absolute Gasteiger partial charge is 0.223 e. The minimum atomic E-state index is 0.0496. The lowest BCUT2D eigenvalue weighted by atomic mass is 9.71. The Morgan fingerprint density at radius 3 is 2.48 bits per heavy atom. The Balaban J connectivity index is 1.49. The van der Waals surface area contributed by atoms with Crippen LogP contribution < -0.4 is 5.73 Å². The summed E-state index contributed by atoms with van der Waals surface area (Å²) in [5.41, 5.74) is 7.20. The molecule has 1 amide bonds. The number of carbonyl (C=O) groups is 1. The SMILES string of the molecule is NCC1(CC(=O)N2CCN(Cc3cccc(O)c3)CC2)CCCCC1. The molecular weight excluding hydrogens is 314 g/mol. The molecule has 5 nitrogen and oxygen atoms in total. The molecule has 0 bridgehead atoms. The zero-order chi connectivity index (χ0) is 17.7. The highest BCUT2D eigenvalue weighted by Gasteiger charge is 2.35. The molecule has 138 valence electrons. The van der Waals surface area contributed by atoms with E-state index in [4.69, 9.17) is 5.73 Å². The van der Waals surface area contributed by atoms with E-state index in [9.17, 15) is 9.90 Å². The summed E-state index contributed by atoms with van der Waals surface area (Å²) in [7, 11) is 0. The first-order valence-electron chi connectivity index (χ1n) is 9.58. The maximum absolute atomic E-state index is 12.8. The molecule has 3 N–H and O–H groups in total. The van der Waals surface area contributed by atoms with E-state index < -0.39 is 0 Å². The quantitative estimate of drug-likeness (QED) is 0.859. The fourth-order valence-electron chi connectivity index (χ4n) is 4.26. The van der Waals surface area contributed by atoms with Crippen LogP contribution in [0.4, 0.5) is 0 Å². The van der Waals surface area contributed by atoms with Gasteiger partial charge in [0.2, 0.25) is 5.91 Å². The van der Waals surface area contributed by atoms with Crippen LogP contribution in [0.15, 0.2) is 24.3 Å². The van der Waals surface area contributed by atoms with Gasteiger partial charge in [-0.1, -0.05) is 31.4 Å². The maximum Gasteiger partial charge on any atom is 0.223 e. The van der Waals surface area contributed by atoms with Gasteiger partial charge >= 0.3 is 0 Å². The van der Waals surface area contributed by atoms with Crippen LogP contribution in [0.25, 0.3) is 0 Å². The molecule has 1 heterocycles. The van der Waals surface area contributed by atoms with Crippen LogP contribution in [0.5, 0.6) is 5.75 Å². The highest BCUT2D eigenvalue weighted by molar-refractivity contribution is 5.77. The zero-order valence-electron chi connectivity index (χ0n) is 15.1. The Bertz CT molecular complexity index is 576. The van der Waals surface area contributed by atoms with E-state index in [0.717, 1.165) is 51.1 Å². The number of piperazine rings is 1. The topological polar surface area (TPSA) is 69.8 Å². The molecule has 1 aliphatic carbocycles. The molecule has 1 saturated heterocycles. The number of nitrogens with zero attached hydrogens (tertiary/aromatic N) is 2. The van der Waals surface area contributed by atoms with E-state index in [0.29, 0.717) is 18.7 Å². The summed E-state index contributed by atoms with van der Waals surface area (Å²) in [4.78, 5) is 17.1. The van der Waals surface area contributed by atoms with E-state index in [2.05, 4.69) is 4.90 Å². The number of amides is 1. The Morgan fingerprint density at radius 1 is 1.12 bits per heavy atom. The predicted octanol–water partition coefficient (Wildman–Crippen LogP) is 2.34. The minimum Gasteiger partial charge on any atom is -0.508 e.